The van der Waals surface area contributed by atoms with Crippen LogP contribution >= 0.6 is 11.8 Å². The van der Waals surface area contributed by atoms with E-state index in [0.717, 1.165) is 25.1 Å². The molecule has 1 amide bonds. The summed E-state index contributed by atoms with van der Waals surface area (Å²) < 4.78 is 0. The summed E-state index contributed by atoms with van der Waals surface area (Å²) in [5, 5.41) is 0.225. The van der Waals surface area contributed by atoms with Crippen molar-refractivity contribution in [3.8, 4) is 0 Å². The van der Waals surface area contributed by atoms with Crippen LogP contribution in [0.25, 0.3) is 0 Å². The number of hydrogen-bond donors (Lipinski definition) is 1. The minimum absolute atomic E-state index is 0.186. The molecule has 3 unspecified atom stereocenters. The molecule has 3 nitrogen and oxygen atoms in total. The zero-order valence-corrected chi connectivity index (χ0v) is 9.43. The van der Waals surface area contributed by atoms with Crippen molar-refractivity contribution >= 4 is 17.7 Å². The Balaban J connectivity index is 1.97. The Hall–Kier alpha value is -0.220. The van der Waals surface area contributed by atoms with E-state index < -0.39 is 0 Å². The number of nitrogens with zero attached hydrogens (tertiary/aromatic N) is 1. The third kappa shape index (κ3) is 1.77. The number of rotatable bonds is 1. The minimum Gasteiger partial charge on any atom is -0.337 e. The molecule has 0 bridgehead atoms. The van der Waals surface area contributed by atoms with Gasteiger partial charge in [0.1, 0.15) is 0 Å². The lowest BCUT2D eigenvalue weighted by atomic mass is 10.1. The Kier molecular flexibility index (Phi) is 3.02. The van der Waals surface area contributed by atoms with Gasteiger partial charge in [0.05, 0.1) is 5.25 Å². The zero-order chi connectivity index (χ0) is 10.1. The zero-order valence-electron chi connectivity index (χ0n) is 8.61. The number of carbonyl (C=O) groups excluding carboxylic acids is 1. The molecule has 2 aliphatic heterocycles. The lowest BCUT2D eigenvalue weighted by Gasteiger charge is -2.25. The predicted octanol–water partition coefficient (Wildman–Crippen LogP) is 0.830. The van der Waals surface area contributed by atoms with Crippen LogP contribution in [0.3, 0.4) is 0 Å². The van der Waals surface area contributed by atoms with Crippen LogP contribution < -0.4 is 5.73 Å². The van der Waals surface area contributed by atoms with Gasteiger partial charge in [0.2, 0.25) is 5.91 Å². The van der Waals surface area contributed by atoms with E-state index in [1.807, 2.05) is 16.7 Å². The third-order valence-electron chi connectivity index (χ3n) is 3.30. The van der Waals surface area contributed by atoms with Gasteiger partial charge in [-0.15, -0.1) is 11.8 Å². The monoisotopic (exact) mass is 214 g/mol. The molecule has 2 fully saturated rings. The summed E-state index contributed by atoms with van der Waals surface area (Å²) in [4.78, 5) is 14.0. The first-order valence-corrected chi connectivity index (χ1v) is 6.42. The molecular weight excluding hydrogens is 196 g/mol. The van der Waals surface area contributed by atoms with Gasteiger partial charge >= 0.3 is 0 Å². The lowest BCUT2D eigenvalue weighted by molar-refractivity contribution is -0.131. The molecule has 0 radical (unpaired) electrons. The Bertz CT molecular complexity index is 228. The van der Waals surface area contributed by atoms with Crippen molar-refractivity contribution in [2.45, 2.75) is 43.5 Å². The maximum atomic E-state index is 12.1. The topological polar surface area (TPSA) is 46.3 Å². The second-order valence-corrected chi connectivity index (χ2v) is 5.54. The van der Waals surface area contributed by atoms with Crippen LogP contribution in [-0.2, 0) is 4.79 Å². The number of hydrogen-bond acceptors (Lipinski definition) is 3. The Morgan fingerprint density at radius 2 is 2.29 bits per heavy atom. The molecule has 0 spiro atoms. The van der Waals surface area contributed by atoms with Gasteiger partial charge < -0.3 is 10.6 Å². The van der Waals surface area contributed by atoms with E-state index in [1.165, 1.54) is 6.42 Å². The number of nitrogens with two attached hydrogens (primary N) is 1. The number of likely N-dealkylation sites (tertiary alicyclic amines) is 1. The van der Waals surface area contributed by atoms with Gasteiger partial charge in [0.15, 0.2) is 0 Å². The third-order valence-corrected chi connectivity index (χ3v) is 4.67. The maximum Gasteiger partial charge on any atom is 0.235 e. The maximum absolute atomic E-state index is 12.1. The van der Waals surface area contributed by atoms with Crippen LogP contribution in [0.4, 0.5) is 0 Å². The molecule has 0 aromatic heterocycles. The molecule has 80 valence electrons. The van der Waals surface area contributed by atoms with Gasteiger partial charge in [-0.2, -0.15) is 0 Å². The molecule has 2 N–H and O–H groups in total. The highest BCUT2D eigenvalue weighted by Crippen LogP contribution is 2.29. The first-order valence-electron chi connectivity index (χ1n) is 5.38. The molecular formula is C10H18N2OS. The predicted molar refractivity (Wildman–Crippen MR) is 59.2 cm³/mol. The Morgan fingerprint density at radius 3 is 2.79 bits per heavy atom. The first-order chi connectivity index (χ1) is 6.70. The summed E-state index contributed by atoms with van der Waals surface area (Å²) in [5.74, 6) is 1.47. The van der Waals surface area contributed by atoms with Crippen molar-refractivity contribution in [3.05, 3.63) is 0 Å². The van der Waals surface area contributed by atoms with Crippen molar-refractivity contribution < 1.29 is 4.79 Å². The van der Waals surface area contributed by atoms with Gasteiger partial charge in [0.25, 0.3) is 0 Å². The van der Waals surface area contributed by atoms with E-state index in [2.05, 4.69) is 6.92 Å². The van der Waals surface area contributed by atoms with Crippen molar-refractivity contribution in [1.29, 1.82) is 0 Å². The molecule has 2 heterocycles. The second-order valence-electron chi connectivity index (χ2n) is 4.23. The summed E-state index contributed by atoms with van der Waals surface area (Å²) >= 11 is 1.81. The standard InChI is InChI=1S/C10H18N2OS/c1-7-8(11)4-5-12(7)10(13)9-3-2-6-14-9/h7-9H,2-6,11H2,1H3. The summed E-state index contributed by atoms with van der Waals surface area (Å²) in [6, 6.07) is 0.425. The fourth-order valence-electron chi connectivity index (χ4n) is 2.23. The van der Waals surface area contributed by atoms with Gasteiger partial charge in [-0.25, -0.2) is 0 Å². The summed E-state index contributed by atoms with van der Waals surface area (Å²) in [6.07, 6.45) is 3.21. The van der Waals surface area contributed by atoms with E-state index >= 15 is 0 Å². The van der Waals surface area contributed by atoms with Gasteiger partial charge in [-0.1, -0.05) is 0 Å². The number of carbonyl (C=O) groups is 1. The van der Waals surface area contributed by atoms with Crippen LogP contribution in [0, 0.1) is 0 Å². The SMILES string of the molecule is CC1C(N)CCN1C(=O)C1CCCS1. The Labute approximate surface area is 89.4 Å². The molecule has 0 saturated carbocycles. The van der Waals surface area contributed by atoms with Gasteiger partial charge in [-0.05, 0) is 31.9 Å². The molecule has 2 rings (SSSR count). The smallest absolute Gasteiger partial charge is 0.235 e. The lowest BCUT2D eigenvalue weighted by Crippen LogP contribution is -2.43. The Morgan fingerprint density at radius 1 is 1.50 bits per heavy atom. The molecule has 2 saturated heterocycles. The summed E-state index contributed by atoms with van der Waals surface area (Å²) in [7, 11) is 0. The normalized spacial score (nSPS) is 37.9. The van der Waals surface area contributed by atoms with E-state index in [-0.39, 0.29) is 17.3 Å². The van der Waals surface area contributed by atoms with E-state index in [0.29, 0.717) is 5.91 Å². The largest absolute Gasteiger partial charge is 0.337 e. The number of amides is 1. The average molecular weight is 214 g/mol. The summed E-state index contributed by atoms with van der Waals surface area (Å²) in [6.45, 7) is 2.92. The number of thioether (sulfide) groups is 1. The molecule has 0 aliphatic carbocycles. The van der Waals surface area contributed by atoms with Crippen LogP contribution in [0.15, 0.2) is 0 Å². The average Bonchev–Trinajstić information content (AvgIpc) is 2.77. The van der Waals surface area contributed by atoms with Crippen LogP contribution in [0.1, 0.15) is 26.2 Å². The highest BCUT2D eigenvalue weighted by Gasteiger charge is 2.36. The van der Waals surface area contributed by atoms with Crippen molar-refractivity contribution in [1.82, 2.24) is 4.90 Å². The molecule has 0 aromatic rings. The van der Waals surface area contributed by atoms with E-state index in [1.54, 1.807) is 0 Å². The molecule has 14 heavy (non-hydrogen) atoms. The van der Waals surface area contributed by atoms with Crippen molar-refractivity contribution in [2.24, 2.45) is 5.73 Å². The van der Waals surface area contributed by atoms with E-state index in [4.69, 9.17) is 5.73 Å². The van der Waals surface area contributed by atoms with Crippen LogP contribution in [-0.4, -0.2) is 40.4 Å². The van der Waals surface area contributed by atoms with E-state index in [9.17, 15) is 4.79 Å². The molecule has 3 atom stereocenters. The quantitative estimate of drug-likeness (QED) is 0.703. The molecule has 0 aromatic carbocycles. The molecule has 2 aliphatic rings. The highest BCUT2D eigenvalue weighted by molar-refractivity contribution is 8.00. The van der Waals surface area contributed by atoms with Crippen LogP contribution in [0.2, 0.25) is 0 Å². The highest BCUT2D eigenvalue weighted by atomic mass is 32.2. The fourth-order valence-corrected chi connectivity index (χ4v) is 3.46. The fraction of sp³-hybridized carbons (Fsp3) is 0.900. The first kappa shape index (κ1) is 10.3. The van der Waals surface area contributed by atoms with Crippen LogP contribution in [0.5, 0.6) is 0 Å². The minimum atomic E-state index is 0.186. The summed E-state index contributed by atoms with van der Waals surface area (Å²) in [5.41, 5.74) is 5.90. The van der Waals surface area contributed by atoms with Gasteiger partial charge in [-0.3, -0.25) is 4.79 Å². The second kappa shape index (κ2) is 4.11. The molecule has 4 heteroatoms. The van der Waals surface area contributed by atoms with Gasteiger partial charge in [0, 0.05) is 18.6 Å². The van der Waals surface area contributed by atoms with Crippen molar-refractivity contribution in [3.63, 3.8) is 0 Å². The van der Waals surface area contributed by atoms with Crippen molar-refractivity contribution in [2.75, 3.05) is 12.3 Å².